The minimum absolute atomic E-state index is 0.154. The average molecular weight is 356 g/mol. The Morgan fingerprint density at radius 3 is 2.25 bits per heavy atom. The summed E-state index contributed by atoms with van der Waals surface area (Å²) >= 11 is 9.50. The zero-order valence-electron chi connectivity index (χ0n) is 10.9. The minimum Gasteiger partial charge on any atom is -0.495 e. The average Bonchev–Trinajstić information content (AvgIpc) is 2.47. The predicted molar refractivity (Wildman–Crippen MR) is 82.1 cm³/mol. The highest BCUT2D eigenvalue weighted by Crippen LogP contribution is 2.37. The lowest BCUT2D eigenvalue weighted by atomic mass is 10.0. The molecule has 2 aromatic rings. The quantitative estimate of drug-likeness (QED) is 0.765. The molecular weight excluding hydrogens is 344 g/mol. The van der Waals surface area contributed by atoms with Crippen LogP contribution in [0.15, 0.2) is 40.9 Å². The van der Waals surface area contributed by atoms with Crippen LogP contribution in [0.25, 0.3) is 0 Å². The number of rotatable bonds is 4. The molecule has 2 rings (SSSR count). The van der Waals surface area contributed by atoms with Crippen molar-refractivity contribution < 1.29 is 14.3 Å². The van der Waals surface area contributed by atoms with Crippen molar-refractivity contribution in [1.82, 2.24) is 0 Å². The van der Waals surface area contributed by atoms with Crippen molar-refractivity contribution in [3.63, 3.8) is 0 Å². The molecule has 2 aromatic carbocycles. The van der Waals surface area contributed by atoms with Gasteiger partial charge in [-0.3, -0.25) is 4.79 Å². The van der Waals surface area contributed by atoms with E-state index in [0.717, 1.165) is 4.47 Å². The second-order valence-corrected chi connectivity index (χ2v) is 5.29. The molecule has 0 saturated heterocycles. The van der Waals surface area contributed by atoms with Crippen LogP contribution in [0.4, 0.5) is 0 Å². The smallest absolute Gasteiger partial charge is 0.196 e. The molecule has 3 nitrogen and oxygen atoms in total. The second kappa shape index (κ2) is 6.29. The summed E-state index contributed by atoms with van der Waals surface area (Å²) in [5.74, 6) is 0.633. The van der Waals surface area contributed by atoms with E-state index in [-0.39, 0.29) is 10.8 Å². The van der Waals surface area contributed by atoms with Crippen LogP contribution in [0, 0.1) is 0 Å². The van der Waals surface area contributed by atoms with Crippen LogP contribution >= 0.6 is 27.5 Å². The maximum Gasteiger partial charge on any atom is 0.196 e. The van der Waals surface area contributed by atoms with Gasteiger partial charge in [-0.1, -0.05) is 27.5 Å². The van der Waals surface area contributed by atoms with Crippen molar-refractivity contribution >= 4 is 33.3 Å². The Balaban J connectivity index is 2.49. The van der Waals surface area contributed by atoms with Crippen LogP contribution in [-0.2, 0) is 0 Å². The molecule has 0 N–H and O–H groups in total. The Morgan fingerprint density at radius 2 is 1.70 bits per heavy atom. The first-order chi connectivity index (χ1) is 9.58. The molecule has 0 heterocycles. The van der Waals surface area contributed by atoms with Gasteiger partial charge in [0, 0.05) is 10.0 Å². The number of methoxy groups -OCH3 is 2. The summed E-state index contributed by atoms with van der Waals surface area (Å²) < 4.78 is 11.3. The fourth-order valence-electron chi connectivity index (χ4n) is 1.83. The third-order valence-corrected chi connectivity index (χ3v) is 3.72. The lowest BCUT2D eigenvalue weighted by Gasteiger charge is -2.12. The second-order valence-electron chi connectivity index (χ2n) is 4.00. The van der Waals surface area contributed by atoms with Gasteiger partial charge in [-0.2, -0.15) is 0 Å². The van der Waals surface area contributed by atoms with Gasteiger partial charge in [0.15, 0.2) is 11.5 Å². The van der Waals surface area contributed by atoms with E-state index in [1.165, 1.54) is 14.2 Å². The van der Waals surface area contributed by atoms with E-state index in [2.05, 4.69) is 15.9 Å². The predicted octanol–water partition coefficient (Wildman–Crippen LogP) is 4.35. The molecule has 0 atom stereocenters. The highest BCUT2D eigenvalue weighted by Gasteiger charge is 2.19. The van der Waals surface area contributed by atoms with E-state index >= 15 is 0 Å². The maximum absolute atomic E-state index is 12.5. The topological polar surface area (TPSA) is 35.5 Å². The summed E-state index contributed by atoms with van der Waals surface area (Å²) in [7, 11) is 2.98. The molecule has 0 bridgehead atoms. The lowest BCUT2D eigenvalue weighted by Crippen LogP contribution is -2.05. The molecule has 0 spiro atoms. The van der Waals surface area contributed by atoms with Gasteiger partial charge in [-0.15, -0.1) is 0 Å². The number of carbonyl (C=O) groups is 1. The van der Waals surface area contributed by atoms with Gasteiger partial charge in [0.2, 0.25) is 0 Å². The molecule has 0 aliphatic rings. The van der Waals surface area contributed by atoms with Crippen LogP contribution in [0.1, 0.15) is 15.9 Å². The maximum atomic E-state index is 12.5. The van der Waals surface area contributed by atoms with Gasteiger partial charge in [0.05, 0.1) is 19.8 Å². The van der Waals surface area contributed by atoms with Crippen molar-refractivity contribution in [2.45, 2.75) is 0 Å². The largest absolute Gasteiger partial charge is 0.495 e. The molecule has 0 unspecified atom stereocenters. The van der Waals surface area contributed by atoms with Gasteiger partial charge in [0.1, 0.15) is 10.8 Å². The molecule has 0 amide bonds. The summed E-state index contributed by atoms with van der Waals surface area (Å²) in [4.78, 5) is 12.5. The van der Waals surface area contributed by atoms with Crippen LogP contribution in [0.3, 0.4) is 0 Å². The number of hydrogen-bond donors (Lipinski definition) is 0. The minimum atomic E-state index is -0.154. The number of halogens is 2. The molecule has 104 valence electrons. The normalized spacial score (nSPS) is 10.2. The van der Waals surface area contributed by atoms with Crippen molar-refractivity contribution in [2.24, 2.45) is 0 Å². The third-order valence-electron chi connectivity index (χ3n) is 2.84. The van der Waals surface area contributed by atoms with Gasteiger partial charge in [-0.05, 0) is 36.4 Å². The fraction of sp³-hybridized carbons (Fsp3) is 0.133. The number of carbonyl (C=O) groups excluding carboxylic acids is 1. The summed E-state index contributed by atoms with van der Waals surface area (Å²) in [6.07, 6.45) is 0. The highest BCUT2D eigenvalue weighted by atomic mass is 79.9. The Labute approximate surface area is 130 Å². The zero-order valence-corrected chi connectivity index (χ0v) is 13.3. The first-order valence-electron chi connectivity index (χ1n) is 5.79. The Kier molecular flexibility index (Phi) is 4.68. The number of benzene rings is 2. The molecule has 20 heavy (non-hydrogen) atoms. The summed E-state index contributed by atoms with van der Waals surface area (Å²) in [6.45, 7) is 0. The van der Waals surface area contributed by atoms with Crippen LogP contribution in [0.5, 0.6) is 11.5 Å². The zero-order chi connectivity index (χ0) is 14.7. The van der Waals surface area contributed by atoms with E-state index in [4.69, 9.17) is 21.1 Å². The summed E-state index contributed by atoms with van der Waals surface area (Å²) in [5.41, 5.74) is 0.966. The van der Waals surface area contributed by atoms with Crippen LogP contribution in [0.2, 0.25) is 5.02 Å². The third kappa shape index (κ3) is 2.81. The molecule has 0 aliphatic carbocycles. The van der Waals surface area contributed by atoms with E-state index in [1.54, 1.807) is 24.3 Å². The van der Waals surface area contributed by atoms with E-state index in [0.29, 0.717) is 22.6 Å². The van der Waals surface area contributed by atoms with E-state index in [1.807, 2.05) is 12.1 Å². The fourth-order valence-corrected chi connectivity index (χ4v) is 2.41. The first kappa shape index (κ1) is 14.9. The Bertz CT molecular complexity index is 638. The number of ketones is 1. The van der Waals surface area contributed by atoms with Crippen molar-refractivity contribution in [3.8, 4) is 11.5 Å². The molecule has 0 saturated carbocycles. The van der Waals surface area contributed by atoms with Crippen molar-refractivity contribution in [2.75, 3.05) is 14.2 Å². The number of ether oxygens (including phenoxy) is 2. The highest BCUT2D eigenvalue weighted by molar-refractivity contribution is 9.10. The van der Waals surface area contributed by atoms with Crippen molar-refractivity contribution in [3.05, 3.63) is 57.0 Å². The van der Waals surface area contributed by atoms with Gasteiger partial charge in [0.25, 0.3) is 0 Å². The Morgan fingerprint density at radius 1 is 1.05 bits per heavy atom. The SMILES string of the molecule is COc1ccc(C(=O)c2ccc(Br)cc2)c(OC)c1Cl. The molecule has 0 fully saturated rings. The molecular formula is C15H12BrClO3. The van der Waals surface area contributed by atoms with E-state index in [9.17, 15) is 4.79 Å². The van der Waals surface area contributed by atoms with Gasteiger partial charge < -0.3 is 9.47 Å². The monoisotopic (exact) mass is 354 g/mol. The number of hydrogen-bond acceptors (Lipinski definition) is 3. The molecule has 0 radical (unpaired) electrons. The van der Waals surface area contributed by atoms with Gasteiger partial charge in [-0.25, -0.2) is 0 Å². The van der Waals surface area contributed by atoms with Crippen LogP contribution < -0.4 is 9.47 Å². The van der Waals surface area contributed by atoms with Crippen LogP contribution in [-0.4, -0.2) is 20.0 Å². The summed E-state index contributed by atoms with van der Waals surface area (Å²) in [6, 6.07) is 10.4. The lowest BCUT2D eigenvalue weighted by molar-refractivity contribution is 0.103. The summed E-state index contributed by atoms with van der Waals surface area (Å²) in [5, 5.41) is 0.290. The molecule has 5 heteroatoms. The molecule has 0 aliphatic heterocycles. The Hall–Kier alpha value is -1.52. The van der Waals surface area contributed by atoms with Gasteiger partial charge >= 0.3 is 0 Å². The van der Waals surface area contributed by atoms with Crippen molar-refractivity contribution in [1.29, 1.82) is 0 Å². The molecule has 0 aromatic heterocycles. The standard InChI is InChI=1S/C15H12BrClO3/c1-19-12-8-7-11(15(20-2)13(12)17)14(18)9-3-5-10(16)6-4-9/h3-8H,1-2H3. The first-order valence-corrected chi connectivity index (χ1v) is 6.96. The van der Waals surface area contributed by atoms with E-state index < -0.39 is 0 Å².